The van der Waals surface area contributed by atoms with E-state index in [1.165, 1.54) is 12.0 Å². The summed E-state index contributed by atoms with van der Waals surface area (Å²) in [5, 5.41) is 3.40. The van der Waals surface area contributed by atoms with E-state index in [1.54, 1.807) is 0 Å². The van der Waals surface area contributed by atoms with Crippen LogP contribution in [0.3, 0.4) is 0 Å². The van der Waals surface area contributed by atoms with E-state index in [0.717, 1.165) is 30.9 Å². The van der Waals surface area contributed by atoms with Crippen molar-refractivity contribution in [1.29, 1.82) is 0 Å². The number of piperidine rings is 1. The molecule has 1 saturated heterocycles. The van der Waals surface area contributed by atoms with Crippen LogP contribution in [0.5, 0.6) is 0 Å². The van der Waals surface area contributed by atoms with Crippen molar-refractivity contribution < 1.29 is 4.74 Å². The Morgan fingerprint density at radius 1 is 1.35 bits per heavy atom. The maximum atomic E-state index is 6.08. The van der Waals surface area contributed by atoms with Crippen molar-refractivity contribution in [1.82, 2.24) is 10.3 Å². The van der Waals surface area contributed by atoms with Crippen molar-refractivity contribution in [2.24, 2.45) is 0 Å². The Bertz CT molecular complexity index is 364. The van der Waals surface area contributed by atoms with Crippen LogP contribution in [0.1, 0.15) is 36.7 Å². The van der Waals surface area contributed by atoms with E-state index in [0.29, 0.717) is 6.61 Å². The summed E-state index contributed by atoms with van der Waals surface area (Å²) in [4.78, 5) is 4.38. The molecule has 1 fully saturated rings. The van der Waals surface area contributed by atoms with Gasteiger partial charge in [0.2, 0.25) is 0 Å². The van der Waals surface area contributed by atoms with Crippen molar-refractivity contribution in [3.63, 3.8) is 0 Å². The summed E-state index contributed by atoms with van der Waals surface area (Å²) < 4.78 is 6.08. The molecule has 0 spiro atoms. The smallest absolute Gasteiger partial charge is 0.0783 e. The lowest BCUT2D eigenvalue weighted by atomic mass is 9.96. The predicted molar refractivity (Wildman–Crippen MR) is 69.0 cm³/mol. The first kappa shape index (κ1) is 12.5. The lowest BCUT2D eigenvalue weighted by molar-refractivity contribution is -0.0571. The fraction of sp³-hybridized carbons (Fsp3) is 0.643. The second kappa shape index (κ2) is 5.15. The van der Waals surface area contributed by atoms with E-state index >= 15 is 0 Å². The molecule has 0 unspecified atom stereocenters. The average molecular weight is 234 g/mol. The molecule has 0 aliphatic carbocycles. The van der Waals surface area contributed by atoms with Crippen LogP contribution >= 0.6 is 0 Å². The summed E-state index contributed by atoms with van der Waals surface area (Å²) in [5.74, 6) is 0. The van der Waals surface area contributed by atoms with Crippen LogP contribution < -0.4 is 5.32 Å². The number of nitrogens with zero attached hydrogens (tertiary/aromatic N) is 1. The zero-order valence-electron chi connectivity index (χ0n) is 11.0. The minimum atomic E-state index is -0.0106. The zero-order valence-corrected chi connectivity index (χ0v) is 11.0. The molecule has 0 saturated carbocycles. The quantitative estimate of drug-likeness (QED) is 0.871. The zero-order chi connectivity index (χ0) is 12.3. The molecule has 1 atom stereocenters. The highest BCUT2D eigenvalue weighted by molar-refractivity contribution is 5.19. The maximum Gasteiger partial charge on any atom is 0.0783 e. The third-order valence-electron chi connectivity index (χ3n) is 3.29. The number of pyridine rings is 1. The Morgan fingerprint density at radius 2 is 2.06 bits per heavy atom. The third-order valence-corrected chi connectivity index (χ3v) is 3.29. The molecule has 2 rings (SSSR count). The molecule has 1 N–H and O–H groups in total. The number of hydrogen-bond acceptors (Lipinski definition) is 3. The standard InChI is InChI=1S/C14H22N2O/c1-11-7-13(8-12(2)16-11)9-17-14(3)5-4-6-15-10-14/h7-8,15H,4-6,9-10H2,1-3H3/t14-/m0/s1. The fourth-order valence-corrected chi connectivity index (χ4v) is 2.41. The van der Waals surface area contributed by atoms with E-state index in [4.69, 9.17) is 4.74 Å². The lowest BCUT2D eigenvalue weighted by Gasteiger charge is -2.34. The van der Waals surface area contributed by atoms with Gasteiger partial charge in [-0.1, -0.05) is 0 Å². The molecule has 17 heavy (non-hydrogen) atoms. The Balaban J connectivity index is 1.96. The van der Waals surface area contributed by atoms with Crippen molar-refractivity contribution in [3.8, 4) is 0 Å². The van der Waals surface area contributed by atoms with Gasteiger partial charge in [-0.05, 0) is 57.9 Å². The number of rotatable bonds is 3. The largest absolute Gasteiger partial charge is 0.369 e. The minimum Gasteiger partial charge on any atom is -0.369 e. The van der Waals surface area contributed by atoms with Gasteiger partial charge in [-0.25, -0.2) is 0 Å². The van der Waals surface area contributed by atoms with Gasteiger partial charge in [-0.2, -0.15) is 0 Å². The molecule has 1 aliphatic heterocycles. The Labute approximate surface area is 104 Å². The summed E-state index contributed by atoms with van der Waals surface area (Å²) in [7, 11) is 0. The summed E-state index contributed by atoms with van der Waals surface area (Å²) in [6, 6.07) is 4.21. The van der Waals surface area contributed by atoms with Gasteiger partial charge in [-0.3, -0.25) is 4.98 Å². The van der Waals surface area contributed by atoms with Crippen LogP contribution in [0.2, 0.25) is 0 Å². The summed E-state index contributed by atoms with van der Waals surface area (Å²) in [5.41, 5.74) is 3.34. The summed E-state index contributed by atoms with van der Waals surface area (Å²) >= 11 is 0. The number of hydrogen-bond donors (Lipinski definition) is 1. The molecule has 0 aromatic carbocycles. The molecule has 94 valence electrons. The molecular weight excluding hydrogens is 212 g/mol. The highest BCUT2D eigenvalue weighted by Gasteiger charge is 2.27. The van der Waals surface area contributed by atoms with Crippen LogP contribution in [-0.2, 0) is 11.3 Å². The molecule has 3 heteroatoms. The normalized spacial score (nSPS) is 24.9. The number of aryl methyl sites for hydroxylation is 2. The number of nitrogens with one attached hydrogen (secondary N) is 1. The maximum absolute atomic E-state index is 6.08. The first-order valence-corrected chi connectivity index (χ1v) is 6.36. The Hall–Kier alpha value is -0.930. The Kier molecular flexibility index (Phi) is 3.79. The highest BCUT2D eigenvalue weighted by atomic mass is 16.5. The molecule has 0 radical (unpaired) electrons. The molecule has 3 nitrogen and oxygen atoms in total. The number of ether oxygens (including phenoxy) is 1. The highest BCUT2D eigenvalue weighted by Crippen LogP contribution is 2.22. The fourth-order valence-electron chi connectivity index (χ4n) is 2.41. The first-order chi connectivity index (χ1) is 8.07. The molecule has 2 heterocycles. The molecule has 0 amide bonds. The van der Waals surface area contributed by atoms with Gasteiger partial charge in [0, 0.05) is 17.9 Å². The van der Waals surface area contributed by atoms with Gasteiger partial charge in [0.15, 0.2) is 0 Å². The van der Waals surface area contributed by atoms with E-state index in [-0.39, 0.29) is 5.60 Å². The van der Waals surface area contributed by atoms with Crippen molar-refractivity contribution in [3.05, 3.63) is 29.1 Å². The van der Waals surface area contributed by atoms with Crippen LogP contribution in [0.25, 0.3) is 0 Å². The van der Waals surface area contributed by atoms with E-state index in [9.17, 15) is 0 Å². The van der Waals surface area contributed by atoms with Crippen molar-refractivity contribution >= 4 is 0 Å². The molecule has 1 aromatic rings. The summed E-state index contributed by atoms with van der Waals surface area (Å²) in [6.45, 7) is 9.01. The second-order valence-electron chi connectivity index (χ2n) is 5.28. The van der Waals surface area contributed by atoms with Crippen molar-refractivity contribution in [2.75, 3.05) is 13.1 Å². The molecule has 1 aromatic heterocycles. The topological polar surface area (TPSA) is 34.1 Å². The van der Waals surface area contributed by atoms with E-state index in [2.05, 4.69) is 29.4 Å². The van der Waals surface area contributed by atoms with Crippen LogP contribution in [-0.4, -0.2) is 23.7 Å². The van der Waals surface area contributed by atoms with Gasteiger partial charge >= 0.3 is 0 Å². The first-order valence-electron chi connectivity index (χ1n) is 6.36. The SMILES string of the molecule is Cc1cc(CO[C@@]2(C)CCCNC2)cc(C)n1. The molecular formula is C14H22N2O. The molecule has 1 aliphatic rings. The predicted octanol–water partition coefficient (Wildman–Crippen LogP) is 2.36. The minimum absolute atomic E-state index is 0.0106. The van der Waals surface area contributed by atoms with Gasteiger partial charge in [0.1, 0.15) is 0 Å². The average Bonchev–Trinajstić information content (AvgIpc) is 2.26. The van der Waals surface area contributed by atoms with Gasteiger partial charge < -0.3 is 10.1 Å². The van der Waals surface area contributed by atoms with E-state index < -0.39 is 0 Å². The van der Waals surface area contributed by atoms with Gasteiger partial charge in [0.25, 0.3) is 0 Å². The second-order valence-corrected chi connectivity index (χ2v) is 5.28. The van der Waals surface area contributed by atoms with Gasteiger partial charge in [-0.15, -0.1) is 0 Å². The van der Waals surface area contributed by atoms with Gasteiger partial charge in [0.05, 0.1) is 12.2 Å². The lowest BCUT2D eigenvalue weighted by Crippen LogP contribution is -2.45. The van der Waals surface area contributed by atoms with E-state index in [1.807, 2.05) is 13.8 Å². The van der Waals surface area contributed by atoms with Crippen LogP contribution in [0.4, 0.5) is 0 Å². The molecule has 0 bridgehead atoms. The van der Waals surface area contributed by atoms with Crippen LogP contribution in [0, 0.1) is 13.8 Å². The summed E-state index contributed by atoms with van der Waals surface area (Å²) in [6.07, 6.45) is 2.34. The Morgan fingerprint density at radius 3 is 2.65 bits per heavy atom. The third kappa shape index (κ3) is 3.51. The van der Waals surface area contributed by atoms with Crippen LogP contribution in [0.15, 0.2) is 12.1 Å². The van der Waals surface area contributed by atoms with Crippen molar-refractivity contribution in [2.45, 2.75) is 45.8 Å². The monoisotopic (exact) mass is 234 g/mol. The number of aromatic nitrogens is 1.